The van der Waals surface area contributed by atoms with Gasteiger partial charge >= 0.3 is 0 Å². The van der Waals surface area contributed by atoms with Gasteiger partial charge in [0, 0.05) is 29.7 Å². The number of hydrogen-bond donors (Lipinski definition) is 1. The molecule has 1 N–H and O–H groups in total. The topological polar surface area (TPSA) is 64.0 Å². The van der Waals surface area contributed by atoms with E-state index in [-0.39, 0.29) is 5.75 Å². The number of aryl methyl sites for hydroxylation is 1. The molecule has 1 aromatic heterocycles. The van der Waals surface area contributed by atoms with Gasteiger partial charge in [0.1, 0.15) is 0 Å². The van der Waals surface area contributed by atoms with Crippen molar-refractivity contribution >= 4 is 27.5 Å². The number of anilines is 1. The maximum absolute atomic E-state index is 11.5. The molecule has 106 valence electrons. The number of aromatic nitrogens is 2. The van der Waals surface area contributed by atoms with Crippen molar-refractivity contribution in [3.05, 3.63) is 30.5 Å². The van der Waals surface area contributed by atoms with E-state index >= 15 is 0 Å². The van der Waals surface area contributed by atoms with Crippen molar-refractivity contribution in [3.63, 3.8) is 0 Å². The molecule has 20 heavy (non-hydrogen) atoms. The van der Waals surface area contributed by atoms with Crippen molar-refractivity contribution in [1.29, 1.82) is 0 Å². The Morgan fingerprint density at radius 3 is 2.75 bits per heavy atom. The van der Waals surface area contributed by atoms with Crippen molar-refractivity contribution in [2.75, 3.05) is 16.2 Å². The van der Waals surface area contributed by atoms with E-state index in [1.54, 1.807) is 30.8 Å². The SMILES string of the molecule is CCS(=O)(=O)Nc1ccc(-c2cn3c(n2)SCC3)cc1. The molecule has 2 aromatic rings. The van der Waals surface area contributed by atoms with E-state index in [9.17, 15) is 8.42 Å². The van der Waals surface area contributed by atoms with E-state index in [1.165, 1.54) is 0 Å². The normalized spacial score (nSPS) is 14.2. The van der Waals surface area contributed by atoms with Crippen LogP contribution in [0.3, 0.4) is 0 Å². The Balaban J connectivity index is 1.82. The van der Waals surface area contributed by atoms with Gasteiger partial charge < -0.3 is 4.57 Å². The van der Waals surface area contributed by atoms with Gasteiger partial charge in [-0.25, -0.2) is 13.4 Å². The van der Waals surface area contributed by atoms with E-state index in [0.29, 0.717) is 5.69 Å². The molecular weight excluding hydrogens is 294 g/mol. The molecule has 0 radical (unpaired) electrons. The van der Waals surface area contributed by atoms with Crippen LogP contribution in [0.25, 0.3) is 11.3 Å². The van der Waals surface area contributed by atoms with Crippen LogP contribution in [0, 0.1) is 0 Å². The lowest BCUT2D eigenvalue weighted by Crippen LogP contribution is -2.14. The first-order chi connectivity index (χ1) is 9.57. The van der Waals surface area contributed by atoms with Crippen LogP contribution in [0.5, 0.6) is 0 Å². The van der Waals surface area contributed by atoms with E-state index in [2.05, 4.69) is 14.3 Å². The summed E-state index contributed by atoms with van der Waals surface area (Å²) in [6.45, 7) is 2.61. The number of sulfonamides is 1. The Morgan fingerprint density at radius 2 is 2.10 bits per heavy atom. The van der Waals surface area contributed by atoms with Crippen molar-refractivity contribution in [3.8, 4) is 11.3 Å². The van der Waals surface area contributed by atoms with Gasteiger partial charge in [0.25, 0.3) is 0 Å². The number of nitrogens with zero attached hydrogens (tertiary/aromatic N) is 2. The highest BCUT2D eigenvalue weighted by Gasteiger charge is 2.15. The van der Waals surface area contributed by atoms with Crippen molar-refractivity contribution in [1.82, 2.24) is 9.55 Å². The van der Waals surface area contributed by atoms with E-state index in [4.69, 9.17) is 0 Å². The smallest absolute Gasteiger partial charge is 0.232 e. The number of rotatable bonds is 4. The Labute approximate surface area is 122 Å². The van der Waals surface area contributed by atoms with Crippen molar-refractivity contribution < 1.29 is 8.42 Å². The molecule has 1 aliphatic rings. The summed E-state index contributed by atoms with van der Waals surface area (Å²) in [5, 5.41) is 1.05. The van der Waals surface area contributed by atoms with Crippen LogP contribution in [0.2, 0.25) is 0 Å². The number of thioether (sulfide) groups is 1. The third-order valence-corrected chi connectivity index (χ3v) is 5.41. The van der Waals surface area contributed by atoms with Crippen LogP contribution in [0.4, 0.5) is 5.69 Å². The van der Waals surface area contributed by atoms with Crippen LogP contribution < -0.4 is 4.72 Å². The lowest BCUT2D eigenvalue weighted by molar-refractivity contribution is 0.602. The lowest BCUT2D eigenvalue weighted by atomic mass is 10.1. The Morgan fingerprint density at radius 1 is 1.35 bits per heavy atom. The molecule has 0 bridgehead atoms. The second kappa shape index (κ2) is 5.14. The lowest BCUT2D eigenvalue weighted by Gasteiger charge is -2.06. The molecule has 3 rings (SSSR count). The number of hydrogen-bond acceptors (Lipinski definition) is 4. The zero-order valence-corrected chi connectivity index (χ0v) is 12.7. The van der Waals surface area contributed by atoms with Crippen LogP contribution in [0.15, 0.2) is 35.6 Å². The second-order valence-electron chi connectivity index (χ2n) is 4.53. The number of nitrogens with one attached hydrogen (secondary N) is 1. The average Bonchev–Trinajstić information content (AvgIpc) is 3.00. The third-order valence-electron chi connectivity index (χ3n) is 3.14. The summed E-state index contributed by atoms with van der Waals surface area (Å²) < 4.78 is 27.7. The highest BCUT2D eigenvalue weighted by Crippen LogP contribution is 2.29. The number of fused-ring (bicyclic) bond motifs is 1. The molecular formula is C13H15N3O2S2. The first-order valence-electron chi connectivity index (χ1n) is 6.38. The fourth-order valence-electron chi connectivity index (χ4n) is 2.01. The molecule has 0 saturated carbocycles. The molecule has 1 aliphatic heterocycles. The molecule has 0 fully saturated rings. The predicted octanol–water partition coefficient (Wildman–Crippen LogP) is 2.42. The molecule has 1 aromatic carbocycles. The molecule has 0 atom stereocenters. The summed E-state index contributed by atoms with van der Waals surface area (Å²) in [7, 11) is -3.22. The largest absolute Gasteiger partial charge is 0.325 e. The van der Waals surface area contributed by atoms with Gasteiger partial charge in [-0.15, -0.1) is 0 Å². The summed E-state index contributed by atoms with van der Waals surface area (Å²) in [5.41, 5.74) is 2.50. The van der Waals surface area contributed by atoms with E-state index in [0.717, 1.165) is 28.7 Å². The van der Waals surface area contributed by atoms with E-state index in [1.807, 2.05) is 18.3 Å². The van der Waals surface area contributed by atoms with Crippen LogP contribution in [-0.2, 0) is 16.6 Å². The highest BCUT2D eigenvalue weighted by atomic mass is 32.2. The van der Waals surface area contributed by atoms with Gasteiger partial charge in [0.05, 0.1) is 11.4 Å². The first kappa shape index (κ1) is 13.5. The maximum atomic E-state index is 11.5. The monoisotopic (exact) mass is 309 g/mol. The second-order valence-corrected chi connectivity index (χ2v) is 7.61. The highest BCUT2D eigenvalue weighted by molar-refractivity contribution is 7.99. The summed E-state index contributed by atoms with van der Waals surface area (Å²) in [6.07, 6.45) is 2.04. The van der Waals surface area contributed by atoms with Gasteiger partial charge in [0.15, 0.2) is 5.16 Å². The summed E-state index contributed by atoms with van der Waals surface area (Å²) in [5.74, 6) is 1.15. The fourth-order valence-corrected chi connectivity index (χ4v) is 3.59. The molecule has 7 heteroatoms. The summed E-state index contributed by atoms with van der Waals surface area (Å²) in [6, 6.07) is 7.30. The predicted molar refractivity (Wildman–Crippen MR) is 81.5 cm³/mol. The van der Waals surface area contributed by atoms with Gasteiger partial charge in [-0.3, -0.25) is 4.72 Å². The number of benzene rings is 1. The molecule has 5 nitrogen and oxygen atoms in total. The first-order valence-corrected chi connectivity index (χ1v) is 9.02. The molecule has 0 aliphatic carbocycles. The van der Waals surface area contributed by atoms with Gasteiger partial charge in [-0.2, -0.15) is 0 Å². The maximum Gasteiger partial charge on any atom is 0.232 e. The summed E-state index contributed by atoms with van der Waals surface area (Å²) in [4.78, 5) is 4.57. The van der Waals surface area contributed by atoms with Crippen molar-refractivity contribution in [2.45, 2.75) is 18.6 Å². The Bertz CT molecular complexity index is 699. The van der Waals surface area contributed by atoms with Crippen molar-refractivity contribution in [2.24, 2.45) is 0 Å². The summed E-state index contributed by atoms with van der Waals surface area (Å²) >= 11 is 1.76. The van der Waals surface area contributed by atoms with Gasteiger partial charge in [0.2, 0.25) is 10.0 Å². The third kappa shape index (κ3) is 2.69. The van der Waals surface area contributed by atoms with Crippen LogP contribution in [-0.4, -0.2) is 29.5 Å². The van der Waals surface area contributed by atoms with E-state index < -0.39 is 10.0 Å². The van der Waals surface area contributed by atoms with Crippen LogP contribution in [0.1, 0.15) is 6.92 Å². The quantitative estimate of drug-likeness (QED) is 0.942. The minimum atomic E-state index is -3.22. The molecule has 2 heterocycles. The Hall–Kier alpha value is -1.47. The molecule has 0 spiro atoms. The molecule has 0 saturated heterocycles. The minimum absolute atomic E-state index is 0.0692. The minimum Gasteiger partial charge on any atom is -0.325 e. The molecule has 0 unspecified atom stereocenters. The zero-order valence-electron chi connectivity index (χ0n) is 11.0. The van der Waals surface area contributed by atoms with Gasteiger partial charge in [-0.1, -0.05) is 23.9 Å². The zero-order chi connectivity index (χ0) is 14.2. The van der Waals surface area contributed by atoms with Gasteiger partial charge in [-0.05, 0) is 19.1 Å². The number of imidazole rings is 1. The molecule has 0 amide bonds. The Kier molecular flexibility index (Phi) is 3.47. The average molecular weight is 309 g/mol. The standard InChI is InChI=1S/C13H15N3O2S2/c1-2-20(17,18)15-11-5-3-10(4-6-11)12-9-16-7-8-19-13(16)14-12/h3-6,9,15H,2,7-8H2,1H3. The fraction of sp³-hybridized carbons (Fsp3) is 0.308. The van der Waals surface area contributed by atoms with Crippen LogP contribution >= 0.6 is 11.8 Å².